The van der Waals surface area contributed by atoms with Gasteiger partial charge in [-0.25, -0.2) is 4.79 Å². The fourth-order valence-corrected chi connectivity index (χ4v) is 5.43. The van der Waals surface area contributed by atoms with Crippen molar-refractivity contribution in [2.75, 3.05) is 11.9 Å². The van der Waals surface area contributed by atoms with E-state index in [1.165, 1.54) is 6.42 Å². The molecule has 0 saturated heterocycles. The molecule has 2 aromatic rings. The van der Waals surface area contributed by atoms with Crippen molar-refractivity contribution in [1.29, 1.82) is 0 Å². The molecule has 3 amide bonds. The number of nitrogens with one attached hydrogen (secondary N) is 2. The summed E-state index contributed by atoms with van der Waals surface area (Å²) in [7, 11) is 0. The van der Waals surface area contributed by atoms with Crippen LogP contribution in [0.2, 0.25) is 5.02 Å². The summed E-state index contributed by atoms with van der Waals surface area (Å²) < 4.78 is 5.52. The van der Waals surface area contributed by atoms with Crippen LogP contribution < -0.4 is 10.6 Å². The molecule has 7 nitrogen and oxygen atoms in total. The maximum absolute atomic E-state index is 14.5. The molecule has 2 aromatic carbocycles. The summed E-state index contributed by atoms with van der Waals surface area (Å²) in [6.45, 7) is 15.9. The molecule has 0 aromatic heterocycles. The Balaban J connectivity index is 2.57. The first kappa shape index (κ1) is 37.1. The lowest BCUT2D eigenvalue weighted by molar-refractivity contribution is -0.141. The zero-order valence-corrected chi connectivity index (χ0v) is 28.9. The van der Waals surface area contributed by atoms with Crippen molar-refractivity contribution < 1.29 is 19.1 Å². The lowest BCUT2D eigenvalue weighted by Gasteiger charge is -2.35. The van der Waals surface area contributed by atoms with Gasteiger partial charge in [0.2, 0.25) is 5.91 Å². The molecule has 44 heavy (non-hydrogen) atoms. The van der Waals surface area contributed by atoms with E-state index in [0.717, 1.165) is 49.7 Å². The fourth-order valence-electron chi connectivity index (χ4n) is 5.16. The molecule has 0 spiro atoms. The highest BCUT2D eigenvalue weighted by Gasteiger charge is 2.36. The normalized spacial score (nSPS) is 12.9. The molecule has 0 saturated carbocycles. The highest BCUT2D eigenvalue weighted by molar-refractivity contribution is 6.34. The van der Waals surface area contributed by atoms with Gasteiger partial charge in [-0.1, -0.05) is 108 Å². The quantitative estimate of drug-likeness (QED) is 0.182. The maximum atomic E-state index is 14.5. The molecule has 0 aliphatic heterocycles. The summed E-state index contributed by atoms with van der Waals surface area (Å²) in [4.78, 5) is 43.3. The number of amides is 3. The van der Waals surface area contributed by atoms with Crippen molar-refractivity contribution in [1.82, 2.24) is 10.2 Å². The number of nitrogens with zero attached hydrogens (tertiary/aromatic N) is 1. The molecule has 0 aliphatic rings. The number of anilines is 1. The van der Waals surface area contributed by atoms with E-state index in [1.54, 1.807) is 31.7 Å². The predicted molar refractivity (Wildman–Crippen MR) is 181 cm³/mol. The van der Waals surface area contributed by atoms with Gasteiger partial charge in [-0.3, -0.25) is 9.59 Å². The number of para-hydroxylation sites is 1. The maximum Gasteiger partial charge on any atom is 0.408 e. The minimum Gasteiger partial charge on any atom is -0.444 e. The summed E-state index contributed by atoms with van der Waals surface area (Å²) in [5.74, 6) is -0.560. The topological polar surface area (TPSA) is 87.7 Å². The molecule has 0 aliphatic carbocycles. The van der Waals surface area contributed by atoms with E-state index in [-0.39, 0.29) is 17.7 Å². The van der Waals surface area contributed by atoms with Gasteiger partial charge < -0.3 is 20.3 Å². The largest absolute Gasteiger partial charge is 0.444 e. The van der Waals surface area contributed by atoms with E-state index < -0.39 is 23.8 Å². The Labute approximate surface area is 270 Å². The number of carbonyl (C=O) groups excluding carboxylic acids is 3. The Hall–Kier alpha value is -3.06. The smallest absolute Gasteiger partial charge is 0.408 e. The van der Waals surface area contributed by atoms with E-state index in [9.17, 15) is 14.4 Å². The van der Waals surface area contributed by atoms with Gasteiger partial charge >= 0.3 is 6.09 Å². The van der Waals surface area contributed by atoms with Crippen molar-refractivity contribution in [3.63, 3.8) is 0 Å². The molecule has 0 bridgehead atoms. The van der Waals surface area contributed by atoms with Crippen molar-refractivity contribution in [3.8, 4) is 0 Å². The Bertz CT molecular complexity index is 1190. The van der Waals surface area contributed by atoms with Crippen molar-refractivity contribution in [3.05, 3.63) is 64.2 Å². The van der Waals surface area contributed by atoms with Crippen LogP contribution in [-0.2, 0) is 20.7 Å². The van der Waals surface area contributed by atoms with Gasteiger partial charge in [-0.15, -0.1) is 0 Å². The Kier molecular flexibility index (Phi) is 15.2. The van der Waals surface area contributed by atoms with Gasteiger partial charge in [0.15, 0.2) is 0 Å². The summed E-state index contributed by atoms with van der Waals surface area (Å²) in [5, 5.41) is 6.29. The van der Waals surface area contributed by atoms with Crippen molar-refractivity contribution >= 4 is 35.2 Å². The predicted octanol–water partition coefficient (Wildman–Crippen LogP) is 9.02. The Morgan fingerprint density at radius 3 is 2.14 bits per heavy atom. The van der Waals surface area contributed by atoms with Gasteiger partial charge in [0.05, 0.1) is 10.7 Å². The first-order chi connectivity index (χ1) is 20.8. The second-order valence-corrected chi connectivity index (χ2v) is 13.5. The summed E-state index contributed by atoms with van der Waals surface area (Å²) >= 11 is 6.51. The molecular formula is C36H54ClN3O4. The molecule has 2 unspecified atom stereocenters. The third-order valence-corrected chi connectivity index (χ3v) is 7.78. The highest BCUT2D eigenvalue weighted by Crippen LogP contribution is 2.30. The van der Waals surface area contributed by atoms with Crippen LogP contribution in [0.1, 0.15) is 116 Å². The van der Waals surface area contributed by atoms with Gasteiger partial charge in [0.25, 0.3) is 5.91 Å². The van der Waals surface area contributed by atoms with Gasteiger partial charge in [0.1, 0.15) is 17.7 Å². The summed E-state index contributed by atoms with van der Waals surface area (Å²) in [5.41, 5.74) is 2.46. The van der Waals surface area contributed by atoms with E-state index in [2.05, 4.69) is 24.5 Å². The second kappa shape index (κ2) is 18.0. The molecule has 2 N–H and O–H groups in total. The number of alkyl carbamates (subject to hydrolysis) is 1. The molecule has 2 rings (SSSR count). The average molecular weight is 628 g/mol. The number of aryl methyl sites for hydroxylation is 2. The lowest BCUT2D eigenvalue weighted by atomic mass is 9.97. The molecular weight excluding hydrogens is 574 g/mol. The minimum atomic E-state index is -0.935. The Morgan fingerprint density at radius 2 is 1.57 bits per heavy atom. The standard InChI is InChI=1S/C36H54ClN3O4/c1-9-11-12-13-14-15-23-40(34(42)30(24-25(3)4)38-35(43)44-36(6,7)8)32(28-21-19-27(10-2)20-22-28)33(41)39-31-26(5)17-16-18-29(31)37/h16-22,25,30,32H,9-15,23-24H2,1-8H3,(H,38,43)(H,39,41). The van der Waals surface area contributed by atoms with Crippen molar-refractivity contribution in [2.45, 2.75) is 124 Å². The molecule has 0 radical (unpaired) electrons. The van der Waals surface area contributed by atoms with Crippen LogP contribution >= 0.6 is 11.6 Å². The van der Waals surface area contributed by atoms with Crippen LogP contribution in [0.4, 0.5) is 10.5 Å². The molecule has 0 heterocycles. The van der Waals surface area contributed by atoms with E-state index in [0.29, 0.717) is 29.2 Å². The third kappa shape index (κ3) is 12.1. The van der Waals surface area contributed by atoms with Gasteiger partial charge in [-0.2, -0.15) is 0 Å². The Morgan fingerprint density at radius 1 is 0.932 bits per heavy atom. The van der Waals surface area contributed by atoms with E-state index in [4.69, 9.17) is 16.3 Å². The zero-order chi connectivity index (χ0) is 32.9. The first-order valence-electron chi connectivity index (χ1n) is 16.2. The van der Waals surface area contributed by atoms with E-state index >= 15 is 0 Å². The van der Waals surface area contributed by atoms with Crippen LogP contribution in [0.25, 0.3) is 0 Å². The number of benzene rings is 2. The van der Waals surface area contributed by atoms with Crippen molar-refractivity contribution in [2.24, 2.45) is 5.92 Å². The fraction of sp³-hybridized carbons (Fsp3) is 0.583. The van der Waals surface area contributed by atoms with Crippen LogP contribution in [0.5, 0.6) is 0 Å². The number of carbonyl (C=O) groups is 3. The third-order valence-electron chi connectivity index (χ3n) is 7.47. The second-order valence-electron chi connectivity index (χ2n) is 13.0. The van der Waals surface area contributed by atoms with Crippen LogP contribution in [-0.4, -0.2) is 41.0 Å². The number of rotatable bonds is 16. The minimum absolute atomic E-state index is 0.108. The monoisotopic (exact) mass is 627 g/mol. The molecule has 244 valence electrons. The average Bonchev–Trinajstić information content (AvgIpc) is 2.94. The first-order valence-corrected chi connectivity index (χ1v) is 16.6. The van der Waals surface area contributed by atoms with Gasteiger partial charge in [-0.05, 0) is 75.6 Å². The number of unbranched alkanes of at least 4 members (excludes halogenated alkanes) is 5. The molecule has 8 heteroatoms. The number of ether oxygens (including phenoxy) is 1. The number of halogens is 1. The van der Waals surface area contributed by atoms with E-state index in [1.807, 2.05) is 57.2 Å². The summed E-state index contributed by atoms with van der Waals surface area (Å²) in [6, 6.07) is 11.5. The summed E-state index contributed by atoms with van der Waals surface area (Å²) in [6.07, 6.45) is 6.78. The number of hydrogen-bond acceptors (Lipinski definition) is 4. The van der Waals surface area contributed by atoms with Crippen LogP contribution in [0.15, 0.2) is 42.5 Å². The number of hydrogen-bond donors (Lipinski definition) is 2. The van der Waals surface area contributed by atoms with Crippen LogP contribution in [0.3, 0.4) is 0 Å². The zero-order valence-electron chi connectivity index (χ0n) is 28.1. The molecule has 0 fully saturated rings. The SMILES string of the molecule is CCCCCCCCN(C(=O)C(CC(C)C)NC(=O)OC(C)(C)C)C(C(=O)Nc1c(C)cccc1Cl)c1ccc(CC)cc1. The lowest BCUT2D eigenvalue weighted by Crippen LogP contribution is -2.53. The highest BCUT2D eigenvalue weighted by atomic mass is 35.5. The van der Waals surface area contributed by atoms with Crippen LogP contribution in [0, 0.1) is 12.8 Å². The molecule has 2 atom stereocenters. The van der Waals surface area contributed by atoms with Gasteiger partial charge in [0, 0.05) is 6.54 Å².